The topological polar surface area (TPSA) is 46.2 Å². The summed E-state index contributed by atoms with van der Waals surface area (Å²) in [6.07, 6.45) is 4.39. The van der Waals surface area contributed by atoms with E-state index in [0.717, 1.165) is 32.1 Å². The third kappa shape index (κ3) is 7.66. The van der Waals surface area contributed by atoms with Gasteiger partial charge in [-0.05, 0) is 0 Å². The van der Waals surface area contributed by atoms with E-state index in [4.69, 9.17) is 14.3 Å². The molecule has 0 bridgehead atoms. The Labute approximate surface area is 134 Å². The summed E-state index contributed by atoms with van der Waals surface area (Å²) in [5, 5.41) is 0. The van der Waals surface area contributed by atoms with E-state index < -0.39 is 20.7 Å². The third-order valence-electron chi connectivity index (χ3n) is 2.71. The standard InChI is InChI=1S/5C3H7O.Hf/c5*1-2-3-4;/h5*2-3H2,1H3;/q5*-1;+5. The minimum atomic E-state index is -5.12. The van der Waals surface area contributed by atoms with Crippen molar-refractivity contribution in [1.29, 1.82) is 0 Å². The SMILES string of the molecule is CCC[O][Hf]([O]CCC)([O]CCC)([O]CCC)[O]CCC. The molecule has 0 saturated heterocycles. The third-order valence-corrected chi connectivity index (χ3v) is 14.8. The van der Waals surface area contributed by atoms with Gasteiger partial charge in [0.25, 0.3) is 0 Å². The van der Waals surface area contributed by atoms with Gasteiger partial charge in [0, 0.05) is 0 Å². The Morgan fingerprint density at radius 3 is 0.762 bits per heavy atom. The predicted molar refractivity (Wildman–Crippen MR) is 81.2 cm³/mol. The van der Waals surface area contributed by atoms with Crippen molar-refractivity contribution in [3.8, 4) is 0 Å². The van der Waals surface area contributed by atoms with Crippen molar-refractivity contribution in [3.05, 3.63) is 0 Å². The fourth-order valence-corrected chi connectivity index (χ4v) is 14.4. The van der Waals surface area contributed by atoms with Crippen molar-refractivity contribution in [3.63, 3.8) is 0 Å². The number of rotatable bonds is 15. The van der Waals surface area contributed by atoms with E-state index in [1.54, 1.807) is 0 Å². The summed E-state index contributed by atoms with van der Waals surface area (Å²) in [6, 6.07) is 0. The Balaban J connectivity index is 5.33. The molecule has 129 valence electrons. The maximum absolute atomic E-state index is 6.11. The van der Waals surface area contributed by atoms with Gasteiger partial charge in [-0.2, -0.15) is 0 Å². The molecule has 0 aliphatic heterocycles. The first-order chi connectivity index (χ1) is 10.1. The van der Waals surface area contributed by atoms with Crippen LogP contribution >= 0.6 is 0 Å². The Hall–Kier alpha value is 0.670. The average Bonchev–Trinajstić information content (AvgIpc) is 2.53. The summed E-state index contributed by atoms with van der Waals surface area (Å²) >= 11 is -5.12. The van der Waals surface area contributed by atoms with Gasteiger partial charge in [-0.15, -0.1) is 0 Å². The Bertz CT molecular complexity index is 186. The summed E-state index contributed by atoms with van der Waals surface area (Å²) in [4.78, 5) is 0. The van der Waals surface area contributed by atoms with Crippen LogP contribution < -0.4 is 0 Å². The van der Waals surface area contributed by atoms with Gasteiger partial charge in [0.15, 0.2) is 0 Å². The van der Waals surface area contributed by atoms with Crippen molar-refractivity contribution >= 4 is 0 Å². The van der Waals surface area contributed by atoms with Crippen LogP contribution in [0, 0.1) is 0 Å². The zero-order valence-corrected chi connectivity index (χ0v) is 18.2. The summed E-state index contributed by atoms with van der Waals surface area (Å²) in [5.74, 6) is 0. The molecule has 0 rings (SSSR count). The van der Waals surface area contributed by atoms with Crippen LogP contribution in [0.25, 0.3) is 0 Å². The van der Waals surface area contributed by atoms with Crippen LogP contribution in [0.5, 0.6) is 0 Å². The van der Waals surface area contributed by atoms with Crippen molar-refractivity contribution in [2.75, 3.05) is 33.0 Å². The molecule has 0 saturated carbocycles. The predicted octanol–water partition coefficient (Wildman–Crippen LogP) is 4.38. The molecule has 0 N–H and O–H groups in total. The second kappa shape index (κ2) is 12.1. The van der Waals surface area contributed by atoms with Crippen LogP contribution in [-0.2, 0) is 35.0 Å². The molecule has 0 aromatic carbocycles. The quantitative estimate of drug-likeness (QED) is 0.330. The number of hydrogen-bond donors (Lipinski definition) is 0. The van der Waals surface area contributed by atoms with Crippen LogP contribution in [0.2, 0.25) is 0 Å². The molecule has 21 heavy (non-hydrogen) atoms. The molecule has 0 atom stereocenters. The van der Waals surface area contributed by atoms with Gasteiger partial charge < -0.3 is 0 Å². The average molecular weight is 474 g/mol. The molecular formula is C15H35HfO5. The van der Waals surface area contributed by atoms with E-state index in [0.29, 0.717) is 33.0 Å². The van der Waals surface area contributed by atoms with Crippen LogP contribution in [0.1, 0.15) is 66.7 Å². The first kappa shape index (κ1) is 21.7. The molecular weight excluding hydrogens is 439 g/mol. The Morgan fingerprint density at radius 2 is 0.619 bits per heavy atom. The van der Waals surface area contributed by atoms with Gasteiger partial charge in [0.2, 0.25) is 0 Å². The molecule has 5 nitrogen and oxygen atoms in total. The molecule has 0 amide bonds. The summed E-state index contributed by atoms with van der Waals surface area (Å²) < 4.78 is 30.5. The van der Waals surface area contributed by atoms with Gasteiger partial charge in [0.05, 0.1) is 0 Å². The van der Waals surface area contributed by atoms with Crippen LogP contribution in [0.4, 0.5) is 0 Å². The van der Waals surface area contributed by atoms with Crippen molar-refractivity contribution in [1.82, 2.24) is 0 Å². The normalized spacial score (nSPS) is 14.0. The summed E-state index contributed by atoms with van der Waals surface area (Å²) in [5.41, 5.74) is 0. The molecule has 0 aliphatic carbocycles. The van der Waals surface area contributed by atoms with Crippen molar-refractivity contribution in [2.24, 2.45) is 0 Å². The second-order valence-corrected chi connectivity index (χ2v) is 16.2. The first-order valence-electron chi connectivity index (χ1n) is 8.50. The van der Waals surface area contributed by atoms with Crippen molar-refractivity contribution < 1.29 is 35.0 Å². The fourth-order valence-electron chi connectivity index (χ4n) is 1.76. The Kier molecular flexibility index (Phi) is 12.5. The van der Waals surface area contributed by atoms with E-state index in [1.807, 2.05) is 0 Å². The molecule has 6 heteroatoms. The number of hydrogen-bond acceptors (Lipinski definition) is 5. The Morgan fingerprint density at radius 1 is 0.429 bits per heavy atom. The van der Waals surface area contributed by atoms with Gasteiger partial charge >= 0.3 is 135 Å². The molecule has 0 spiro atoms. The van der Waals surface area contributed by atoms with Crippen LogP contribution in [0.15, 0.2) is 0 Å². The van der Waals surface area contributed by atoms with Crippen molar-refractivity contribution in [2.45, 2.75) is 66.7 Å². The minimum absolute atomic E-state index is 0.538. The van der Waals surface area contributed by atoms with Gasteiger partial charge in [-0.25, -0.2) is 0 Å². The molecule has 0 radical (unpaired) electrons. The zero-order chi connectivity index (χ0) is 16.1. The zero-order valence-electron chi connectivity index (χ0n) is 14.6. The van der Waals surface area contributed by atoms with Crippen LogP contribution in [0.3, 0.4) is 0 Å². The van der Waals surface area contributed by atoms with E-state index in [-0.39, 0.29) is 0 Å². The first-order valence-corrected chi connectivity index (χ1v) is 15.8. The van der Waals surface area contributed by atoms with E-state index in [1.165, 1.54) is 0 Å². The van der Waals surface area contributed by atoms with E-state index in [2.05, 4.69) is 34.6 Å². The fraction of sp³-hybridized carbons (Fsp3) is 1.00. The van der Waals surface area contributed by atoms with E-state index >= 15 is 0 Å². The molecule has 0 fully saturated rings. The van der Waals surface area contributed by atoms with Gasteiger partial charge in [0.1, 0.15) is 0 Å². The van der Waals surface area contributed by atoms with Crippen LogP contribution in [-0.4, -0.2) is 33.0 Å². The van der Waals surface area contributed by atoms with E-state index in [9.17, 15) is 0 Å². The second-order valence-electron chi connectivity index (χ2n) is 5.08. The molecule has 0 heterocycles. The maximum atomic E-state index is 6.11. The molecule has 0 aromatic heterocycles. The molecule has 0 aromatic rings. The summed E-state index contributed by atoms with van der Waals surface area (Å²) in [6.45, 7) is 13.0. The van der Waals surface area contributed by atoms with Gasteiger partial charge in [-0.3, -0.25) is 0 Å². The van der Waals surface area contributed by atoms with Gasteiger partial charge in [-0.1, -0.05) is 0 Å². The molecule has 0 aliphatic rings. The summed E-state index contributed by atoms with van der Waals surface area (Å²) in [7, 11) is 0. The molecule has 0 unspecified atom stereocenters. The monoisotopic (exact) mass is 475 g/mol.